The van der Waals surface area contributed by atoms with Gasteiger partial charge in [-0.3, -0.25) is 4.79 Å². The van der Waals surface area contributed by atoms with Crippen LogP contribution in [0.2, 0.25) is 0 Å². The Morgan fingerprint density at radius 3 is 2.52 bits per heavy atom. The average molecular weight is 313 g/mol. The van der Waals surface area contributed by atoms with Crippen LogP contribution in [-0.2, 0) is 17.9 Å². The van der Waals surface area contributed by atoms with Crippen LogP contribution in [0.15, 0.2) is 53.2 Å². The summed E-state index contributed by atoms with van der Waals surface area (Å²) in [4.78, 5) is 13.4. The summed E-state index contributed by atoms with van der Waals surface area (Å²) in [7, 11) is 0. The Morgan fingerprint density at radius 1 is 1.13 bits per heavy atom. The zero-order chi connectivity index (χ0) is 16.5. The number of amides is 1. The van der Waals surface area contributed by atoms with Crippen molar-refractivity contribution < 1.29 is 14.1 Å². The molecule has 0 fully saturated rings. The van der Waals surface area contributed by atoms with Gasteiger partial charge in [-0.15, -0.1) is 0 Å². The Kier molecular flexibility index (Phi) is 6.63. The van der Waals surface area contributed by atoms with Gasteiger partial charge < -0.3 is 14.6 Å². The molecular weight excluding hydrogens is 288 g/mol. The highest BCUT2D eigenvalue weighted by molar-refractivity contribution is 5.91. The molecule has 1 heterocycles. The molecule has 4 nitrogen and oxygen atoms in total. The lowest BCUT2D eigenvalue weighted by Crippen LogP contribution is -3.10. The summed E-state index contributed by atoms with van der Waals surface area (Å²) >= 11 is 0. The minimum Gasteiger partial charge on any atom is -0.465 e. The van der Waals surface area contributed by atoms with Gasteiger partial charge >= 0.3 is 0 Å². The minimum absolute atomic E-state index is 0.119. The number of hydrogen-bond donors (Lipinski definition) is 2. The van der Waals surface area contributed by atoms with Crippen molar-refractivity contribution in [3.8, 4) is 0 Å². The molecule has 1 aromatic heterocycles. The summed E-state index contributed by atoms with van der Waals surface area (Å²) in [5, 5.41) is 2.93. The summed E-state index contributed by atoms with van der Waals surface area (Å²) in [6.07, 6.45) is 4.75. The average Bonchev–Trinajstić information content (AvgIpc) is 3.10. The third-order valence-electron chi connectivity index (χ3n) is 3.95. The number of nitrogens with one attached hydrogen (secondary N) is 2. The van der Waals surface area contributed by atoms with Gasteiger partial charge in [0.2, 0.25) is 5.91 Å². The number of carbonyl (C=O) groups is 1. The Labute approximate surface area is 137 Å². The van der Waals surface area contributed by atoms with E-state index in [1.54, 1.807) is 18.4 Å². The van der Waals surface area contributed by atoms with E-state index in [2.05, 4.69) is 37.4 Å². The molecule has 2 rings (SSSR count). The first-order valence-corrected chi connectivity index (χ1v) is 8.12. The maximum Gasteiger partial charge on any atom is 0.244 e. The van der Waals surface area contributed by atoms with Crippen molar-refractivity contribution in [3.05, 3.63) is 65.6 Å². The van der Waals surface area contributed by atoms with E-state index in [1.807, 2.05) is 12.1 Å². The van der Waals surface area contributed by atoms with Gasteiger partial charge in [0.05, 0.1) is 19.4 Å². The Bertz CT molecular complexity index is 629. The van der Waals surface area contributed by atoms with Crippen LogP contribution in [0.4, 0.5) is 0 Å². The molecule has 2 N–H and O–H groups in total. The first kappa shape index (κ1) is 17.0. The van der Waals surface area contributed by atoms with E-state index in [4.69, 9.17) is 4.42 Å². The molecule has 0 radical (unpaired) electrons. The fourth-order valence-corrected chi connectivity index (χ4v) is 2.46. The lowest BCUT2D eigenvalue weighted by Gasteiger charge is -2.17. The van der Waals surface area contributed by atoms with Crippen molar-refractivity contribution in [3.63, 3.8) is 0 Å². The maximum atomic E-state index is 11.9. The molecule has 0 aliphatic heterocycles. The normalized spacial score (nSPS) is 11.3. The fourth-order valence-electron chi connectivity index (χ4n) is 2.46. The Balaban J connectivity index is 1.93. The molecule has 0 aliphatic rings. The second kappa shape index (κ2) is 8.96. The van der Waals surface area contributed by atoms with Gasteiger partial charge in [-0.25, -0.2) is 0 Å². The topological polar surface area (TPSA) is 46.7 Å². The molecule has 2 aromatic rings. The Hall–Kier alpha value is -2.33. The van der Waals surface area contributed by atoms with Crippen LogP contribution >= 0.6 is 0 Å². The maximum absolute atomic E-state index is 11.9. The largest absolute Gasteiger partial charge is 0.465 e. The predicted molar refractivity (Wildman–Crippen MR) is 91.8 cm³/mol. The van der Waals surface area contributed by atoms with Crippen LogP contribution in [-0.4, -0.2) is 19.0 Å². The monoisotopic (exact) mass is 313 g/mol. The molecule has 0 aliphatic carbocycles. The van der Waals surface area contributed by atoms with Crippen molar-refractivity contribution in [2.24, 2.45) is 0 Å². The van der Waals surface area contributed by atoms with Crippen molar-refractivity contribution in [1.29, 1.82) is 0 Å². The molecule has 0 saturated carbocycles. The molecular formula is C19H25N2O2+. The number of furan rings is 1. The van der Waals surface area contributed by atoms with Gasteiger partial charge in [0.25, 0.3) is 0 Å². The van der Waals surface area contributed by atoms with Gasteiger partial charge in [-0.05, 0) is 37.6 Å². The van der Waals surface area contributed by atoms with E-state index in [9.17, 15) is 4.79 Å². The second-order valence-corrected chi connectivity index (χ2v) is 5.47. The second-order valence-electron chi connectivity index (χ2n) is 5.47. The first-order chi connectivity index (χ1) is 11.2. The smallest absolute Gasteiger partial charge is 0.244 e. The molecule has 23 heavy (non-hydrogen) atoms. The lowest BCUT2D eigenvalue weighted by molar-refractivity contribution is -0.910. The summed E-state index contributed by atoms with van der Waals surface area (Å²) < 4.78 is 5.16. The van der Waals surface area contributed by atoms with Gasteiger partial charge in [0.15, 0.2) is 0 Å². The zero-order valence-corrected chi connectivity index (χ0v) is 13.8. The SMILES string of the molecule is CC[NH+](CC)Cc1ccccc1CNC(=O)/C=C/c1ccco1. The summed E-state index contributed by atoms with van der Waals surface area (Å²) in [6.45, 7) is 8.12. The van der Waals surface area contributed by atoms with Crippen molar-refractivity contribution in [2.45, 2.75) is 26.9 Å². The number of benzene rings is 1. The molecule has 1 amide bonds. The third-order valence-corrected chi connectivity index (χ3v) is 3.95. The van der Waals surface area contributed by atoms with Gasteiger partial charge in [0, 0.05) is 18.2 Å². The standard InChI is InChI=1S/C19H24N2O2/c1-3-21(4-2)15-17-9-6-5-8-16(17)14-20-19(22)12-11-18-10-7-13-23-18/h5-13H,3-4,14-15H2,1-2H3,(H,20,22)/p+1/b12-11+. The van der Waals surface area contributed by atoms with Crippen molar-refractivity contribution in [1.82, 2.24) is 5.32 Å². The molecule has 0 bridgehead atoms. The first-order valence-electron chi connectivity index (χ1n) is 8.12. The molecule has 4 heteroatoms. The molecule has 0 atom stereocenters. The van der Waals surface area contributed by atoms with E-state index in [1.165, 1.54) is 22.1 Å². The van der Waals surface area contributed by atoms with E-state index < -0.39 is 0 Å². The van der Waals surface area contributed by atoms with Crippen molar-refractivity contribution >= 4 is 12.0 Å². The molecule has 0 spiro atoms. The van der Waals surface area contributed by atoms with Crippen LogP contribution in [0.5, 0.6) is 0 Å². The van der Waals surface area contributed by atoms with Crippen LogP contribution in [0, 0.1) is 0 Å². The number of hydrogen-bond acceptors (Lipinski definition) is 2. The summed E-state index contributed by atoms with van der Waals surface area (Å²) in [5.74, 6) is 0.553. The fraction of sp³-hybridized carbons (Fsp3) is 0.316. The minimum atomic E-state index is -0.119. The van der Waals surface area contributed by atoms with E-state index in [0.717, 1.165) is 19.6 Å². The predicted octanol–water partition coefficient (Wildman–Crippen LogP) is 2.03. The Morgan fingerprint density at radius 2 is 1.87 bits per heavy atom. The van der Waals surface area contributed by atoms with Crippen LogP contribution in [0.1, 0.15) is 30.7 Å². The van der Waals surface area contributed by atoms with Crippen LogP contribution in [0.3, 0.4) is 0 Å². The molecule has 1 aromatic carbocycles. The summed E-state index contributed by atoms with van der Waals surface area (Å²) in [6, 6.07) is 11.9. The quantitative estimate of drug-likeness (QED) is 0.733. The highest BCUT2D eigenvalue weighted by atomic mass is 16.3. The number of carbonyl (C=O) groups excluding carboxylic acids is 1. The highest BCUT2D eigenvalue weighted by Crippen LogP contribution is 2.07. The van der Waals surface area contributed by atoms with E-state index in [0.29, 0.717) is 12.3 Å². The van der Waals surface area contributed by atoms with Gasteiger partial charge in [-0.1, -0.05) is 24.3 Å². The number of rotatable bonds is 8. The van der Waals surface area contributed by atoms with Crippen molar-refractivity contribution in [2.75, 3.05) is 13.1 Å². The van der Waals surface area contributed by atoms with Crippen LogP contribution < -0.4 is 10.2 Å². The van der Waals surface area contributed by atoms with E-state index >= 15 is 0 Å². The molecule has 0 unspecified atom stereocenters. The van der Waals surface area contributed by atoms with E-state index in [-0.39, 0.29) is 5.91 Å². The number of quaternary nitrogens is 1. The summed E-state index contributed by atoms with van der Waals surface area (Å²) in [5.41, 5.74) is 2.47. The van der Waals surface area contributed by atoms with Crippen LogP contribution in [0.25, 0.3) is 6.08 Å². The zero-order valence-electron chi connectivity index (χ0n) is 13.8. The molecule has 122 valence electrons. The lowest BCUT2D eigenvalue weighted by atomic mass is 10.1. The highest BCUT2D eigenvalue weighted by Gasteiger charge is 2.09. The van der Waals surface area contributed by atoms with Gasteiger partial charge in [-0.2, -0.15) is 0 Å². The third kappa shape index (κ3) is 5.42. The van der Waals surface area contributed by atoms with Gasteiger partial charge in [0.1, 0.15) is 12.3 Å². The molecule has 0 saturated heterocycles.